The molecule has 0 aliphatic rings. The molecule has 0 aliphatic carbocycles. The van der Waals surface area contributed by atoms with Crippen molar-refractivity contribution in [2.45, 2.75) is 22.8 Å². The third-order valence-corrected chi connectivity index (χ3v) is 4.15. The summed E-state index contributed by atoms with van der Waals surface area (Å²) in [5.74, 6) is -0.349. The van der Waals surface area contributed by atoms with Crippen LogP contribution in [0.25, 0.3) is 0 Å². The highest BCUT2D eigenvalue weighted by Gasteiger charge is 2.14. The number of halogens is 2. The molecule has 1 atom stereocenters. The Morgan fingerprint density at radius 1 is 1.17 bits per heavy atom. The van der Waals surface area contributed by atoms with E-state index in [2.05, 4.69) is 0 Å². The fourth-order valence-corrected chi connectivity index (χ4v) is 2.91. The van der Waals surface area contributed by atoms with E-state index < -0.39 is 6.10 Å². The first kappa shape index (κ1) is 13.4. The van der Waals surface area contributed by atoms with Crippen LogP contribution in [0.4, 0.5) is 4.39 Å². The van der Waals surface area contributed by atoms with Crippen LogP contribution in [0.1, 0.15) is 18.6 Å². The maximum Gasteiger partial charge on any atom is 0.137 e. The van der Waals surface area contributed by atoms with E-state index in [0.29, 0.717) is 15.5 Å². The molecule has 4 heteroatoms. The summed E-state index contributed by atoms with van der Waals surface area (Å²) in [4.78, 5) is 1.19. The molecule has 0 unspecified atom stereocenters. The van der Waals surface area contributed by atoms with Gasteiger partial charge < -0.3 is 5.11 Å². The van der Waals surface area contributed by atoms with Crippen molar-refractivity contribution in [2.75, 3.05) is 0 Å². The van der Waals surface area contributed by atoms with Gasteiger partial charge in [-0.25, -0.2) is 4.39 Å². The smallest absolute Gasteiger partial charge is 0.137 e. The normalized spacial score (nSPS) is 12.4. The summed E-state index contributed by atoms with van der Waals surface area (Å²) in [7, 11) is 0. The van der Waals surface area contributed by atoms with E-state index in [9.17, 15) is 9.50 Å². The van der Waals surface area contributed by atoms with Gasteiger partial charge in [-0.3, -0.25) is 0 Å². The zero-order valence-corrected chi connectivity index (χ0v) is 11.3. The van der Waals surface area contributed by atoms with Crippen LogP contribution in [0.5, 0.6) is 0 Å². The van der Waals surface area contributed by atoms with Crippen LogP contribution >= 0.6 is 23.4 Å². The van der Waals surface area contributed by atoms with E-state index in [1.54, 1.807) is 25.1 Å². The zero-order valence-electron chi connectivity index (χ0n) is 9.73. The van der Waals surface area contributed by atoms with Gasteiger partial charge in [0.25, 0.3) is 0 Å². The fraction of sp³-hybridized carbons (Fsp3) is 0.143. The highest BCUT2D eigenvalue weighted by molar-refractivity contribution is 7.99. The topological polar surface area (TPSA) is 20.2 Å². The SMILES string of the molecule is C[C@H](O)c1cccc(F)c1Sc1ccccc1Cl. The molecule has 18 heavy (non-hydrogen) atoms. The average Bonchev–Trinajstić information content (AvgIpc) is 2.34. The Labute approximate surface area is 115 Å². The monoisotopic (exact) mass is 282 g/mol. The minimum Gasteiger partial charge on any atom is -0.389 e. The minimum atomic E-state index is -0.717. The maximum absolute atomic E-state index is 13.9. The molecule has 0 bridgehead atoms. The maximum atomic E-state index is 13.9. The van der Waals surface area contributed by atoms with Crippen LogP contribution in [0.2, 0.25) is 5.02 Å². The molecule has 0 radical (unpaired) electrons. The molecule has 0 aliphatic heterocycles. The molecule has 0 amide bonds. The van der Waals surface area contributed by atoms with Crippen molar-refractivity contribution in [3.05, 3.63) is 58.9 Å². The summed E-state index contributed by atoms with van der Waals surface area (Å²) in [6.45, 7) is 1.62. The second-order valence-corrected chi connectivity index (χ2v) is 5.33. The van der Waals surface area contributed by atoms with Crippen molar-refractivity contribution in [3.8, 4) is 0 Å². The minimum absolute atomic E-state index is 0.349. The number of benzene rings is 2. The number of rotatable bonds is 3. The Balaban J connectivity index is 2.43. The van der Waals surface area contributed by atoms with Gasteiger partial charge in [-0.1, -0.05) is 47.6 Å². The summed E-state index contributed by atoms with van der Waals surface area (Å²) >= 11 is 7.28. The molecule has 0 aromatic heterocycles. The Morgan fingerprint density at radius 3 is 2.56 bits per heavy atom. The Bertz CT molecular complexity index is 557. The van der Waals surface area contributed by atoms with Crippen molar-refractivity contribution in [1.29, 1.82) is 0 Å². The van der Waals surface area contributed by atoms with Gasteiger partial charge in [-0.2, -0.15) is 0 Å². The summed E-state index contributed by atoms with van der Waals surface area (Å²) in [6, 6.07) is 11.9. The summed E-state index contributed by atoms with van der Waals surface area (Å²) in [5.41, 5.74) is 0.569. The molecule has 0 heterocycles. The van der Waals surface area contributed by atoms with E-state index in [1.165, 1.54) is 17.8 Å². The molecular formula is C14H12ClFOS. The van der Waals surface area contributed by atoms with E-state index in [4.69, 9.17) is 11.6 Å². The van der Waals surface area contributed by atoms with Gasteiger partial charge in [-0.15, -0.1) is 0 Å². The third-order valence-electron chi connectivity index (χ3n) is 2.50. The quantitative estimate of drug-likeness (QED) is 0.882. The predicted molar refractivity (Wildman–Crippen MR) is 72.6 cm³/mol. The molecule has 0 spiro atoms. The molecule has 1 nitrogen and oxygen atoms in total. The van der Waals surface area contributed by atoms with E-state index in [0.717, 1.165) is 4.90 Å². The summed E-state index contributed by atoms with van der Waals surface area (Å²) < 4.78 is 13.9. The molecule has 1 N–H and O–H groups in total. The average molecular weight is 283 g/mol. The van der Waals surface area contributed by atoms with Gasteiger partial charge in [0.2, 0.25) is 0 Å². The second kappa shape index (κ2) is 5.74. The first-order valence-electron chi connectivity index (χ1n) is 5.48. The molecular weight excluding hydrogens is 271 g/mol. The van der Waals surface area contributed by atoms with Crippen LogP contribution in [0.15, 0.2) is 52.3 Å². The zero-order chi connectivity index (χ0) is 13.1. The number of aliphatic hydroxyl groups is 1. The molecule has 2 aromatic carbocycles. The second-order valence-electron chi connectivity index (χ2n) is 3.87. The first-order valence-corrected chi connectivity index (χ1v) is 6.68. The van der Waals surface area contributed by atoms with Crippen LogP contribution in [-0.4, -0.2) is 5.11 Å². The van der Waals surface area contributed by atoms with E-state index >= 15 is 0 Å². The van der Waals surface area contributed by atoms with Crippen LogP contribution < -0.4 is 0 Å². The lowest BCUT2D eigenvalue weighted by Crippen LogP contribution is -1.96. The molecule has 0 saturated heterocycles. The van der Waals surface area contributed by atoms with Gasteiger partial charge in [-0.05, 0) is 30.7 Å². The number of hydrogen-bond acceptors (Lipinski definition) is 2. The van der Waals surface area contributed by atoms with Crippen LogP contribution in [0, 0.1) is 5.82 Å². The molecule has 94 valence electrons. The van der Waals surface area contributed by atoms with Gasteiger partial charge in [0.05, 0.1) is 16.0 Å². The summed E-state index contributed by atoms with van der Waals surface area (Å²) in [5, 5.41) is 10.2. The predicted octanol–water partition coefficient (Wildman–Crippen LogP) is 4.68. The number of hydrogen-bond donors (Lipinski definition) is 1. The van der Waals surface area contributed by atoms with Crippen molar-refractivity contribution in [1.82, 2.24) is 0 Å². The van der Waals surface area contributed by atoms with Gasteiger partial charge in [0.1, 0.15) is 5.82 Å². The highest BCUT2D eigenvalue weighted by atomic mass is 35.5. The Morgan fingerprint density at radius 2 is 1.89 bits per heavy atom. The highest BCUT2D eigenvalue weighted by Crippen LogP contribution is 2.38. The molecule has 2 rings (SSSR count). The lowest BCUT2D eigenvalue weighted by atomic mass is 10.1. The third kappa shape index (κ3) is 2.86. The lowest BCUT2D eigenvalue weighted by Gasteiger charge is -2.13. The number of aliphatic hydroxyl groups excluding tert-OH is 1. The van der Waals surface area contributed by atoms with Gasteiger partial charge >= 0.3 is 0 Å². The lowest BCUT2D eigenvalue weighted by molar-refractivity contribution is 0.195. The standard InChI is InChI=1S/C14H12ClFOS/c1-9(17)10-5-4-7-12(16)14(10)18-13-8-3-2-6-11(13)15/h2-9,17H,1H3/t9-/m0/s1. The van der Waals surface area contributed by atoms with Gasteiger partial charge in [0.15, 0.2) is 0 Å². The van der Waals surface area contributed by atoms with Crippen molar-refractivity contribution in [2.24, 2.45) is 0 Å². The fourth-order valence-electron chi connectivity index (χ4n) is 1.60. The Kier molecular flexibility index (Phi) is 4.27. The first-order chi connectivity index (χ1) is 8.59. The molecule has 0 fully saturated rings. The Hall–Kier alpha value is -1.03. The molecule has 2 aromatic rings. The van der Waals surface area contributed by atoms with E-state index in [1.807, 2.05) is 18.2 Å². The largest absolute Gasteiger partial charge is 0.389 e. The van der Waals surface area contributed by atoms with Crippen molar-refractivity contribution < 1.29 is 9.50 Å². The summed E-state index contributed by atoms with van der Waals surface area (Å²) in [6.07, 6.45) is -0.717. The molecule has 0 saturated carbocycles. The van der Waals surface area contributed by atoms with E-state index in [-0.39, 0.29) is 5.82 Å². The van der Waals surface area contributed by atoms with Crippen LogP contribution in [-0.2, 0) is 0 Å². The van der Waals surface area contributed by atoms with Crippen molar-refractivity contribution >= 4 is 23.4 Å². The van der Waals surface area contributed by atoms with Crippen molar-refractivity contribution in [3.63, 3.8) is 0 Å². The van der Waals surface area contributed by atoms with Crippen LogP contribution in [0.3, 0.4) is 0 Å². The van der Waals surface area contributed by atoms with Gasteiger partial charge in [0, 0.05) is 4.90 Å².